The number of esters is 1. The van der Waals surface area contributed by atoms with Crippen LogP contribution in [0.4, 0.5) is 18.9 Å². The van der Waals surface area contributed by atoms with Gasteiger partial charge in [0.1, 0.15) is 5.92 Å². The highest BCUT2D eigenvalue weighted by Gasteiger charge is 2.31. The summed E-state index contributed by atoms with van der Waals surface area (Å²) in [5, 5.41) is 2.36. The fourth-order valence-electron chi connectivity index (χ4n) is 3.07. The molecule has 0 heterocycles. The van der Waals surface area contributed by atoms with Gasteiger partial charge in [-0.05, 0) is 36.2 Å². The maximum atomic E-state index is 12.9. The van der Waals surface area contributed by atoms with Crippen LogP contribution in [0.3, 0.4) is 0 Å². The Labute approximate surface area is 177 Å². The molecule has 3 aromatic carbocycles. The molecule has 1 N–H and O–H groups in total. The lowest BCUT2D eigenvalue weighted by atomic mass is 9.91. The van der Waals surface area contributed by atoms with E-state index in [1.165, 1.54) is 19.1 Å². The third-order valence-corrected chi connectivity index (χ3v) is 4.62. The Morgan fingerprint density at radius 3 is 1.90 bits per heavy atom. The maximum absolute atomic E-state index is 12.9. The summed E-state index contributed by atoms with van der Waals surface area (Å²) in [5.74, 6) is -2.11. The Morgan fingerprint density at radius 2 is 1.39 bits per heavy atom. The molecule has 0 aliphatic carbocycles. The Kier molecular flexibility index (Phi) is 6.74. The lowest BCUT2D eigenvalue weighted by Gasteiger charge is -2.20. The van der Waals surface area contributed by atoms with Crippen LogP contribution in [-0.2, 0) is 20.5 Å². The van der Waals surface area contributed by atoms with Gasteiger partial charge in [-0.2, -0.15) is 13.2 Å². The van der Waals surface area contributed by atoms with Crippen molar-refractivity contribution in [2.24, 2.45) is 0 Å². The number of alkyl halides is 3. The van der Waals surface area contributed by atoms with E-state index in [0.717, 1.165) is 12.1 Å². The van der Waals surface area contributed by atoms with E-state index in [1.807, 2.05) is 12.1 Å². The van der Waals surface area contributed by atoms with Gasteiger partial charge in [-0.15, -0.1) is 0 Å². The number of ether oxygens (including phenoxy) is 1. The number of anilines is 1. The zero-order chi connectivity index (χ0) is 22.4. The van der Waals surface area contributed by atoms with Gasteiger partial charge in [-0.3, -0.25) is 9.59 Å². The van der Waals surface area contributed by atoms with E-state index in [0.29, 0.717) is 11.1 Å². The van der Waals surface area contributed by atoms with Crippen LogP contribution < -0.4 is 5.32 Å². The minimum atomic E-state index is -4.53. The summed E-state index contributed by atoms with van der Waals surface area (Å²) >= 11 is 0. The minimum absolute atomic E-state index is 0.0367. The summed E-state index contributed by atoms with van der Waals surface area (Å²) < 4.78 is 44.0. The Morgan fingerprint density at radius 1 is 0.839 bits per heavy atom. The summed E-state index contributed by atoms with van der Waals surface area (Å²) in [7, 11) is 0. The van der Waals surface area contributed by atoms with E-state index in [-0.39, 0.29) is 5.69 Å². The molecule has 0 saturated heterocycles. The second-order valence-corrected chi connectivity index (χ2v) is 6.90. The number of benzene rings is 3. The number of nitrogens with one attached hydrogen (secondary N) is 1. The van der Waals surface area contributed by atoms with Crippen LogP contribution in [0, 0.1) is 0 Å². The summed E-state index contributed by atoms with van der Waals surface area (Å²) in [6.07, 6.45) is -5.74. The van der Waals surface area contributed by atoms with Crippen LogP contribution in [0.5, 0.6) is 0 Å². The van der Waals surface area contributed by atoms with E-state index in [2.05, 4.69) is 5.32 Å². The van der Waals surface area contributed by atoms with Crippen molar-refractivity contribution in [2.75, 3.05) is 5.32 Å². The van der Waals surface area contributed by atoms with Crippen LogP contribution in [0.1, 0.15) is 29.5 Å². The highest BCUT2D eigenvalue weighted by Crippen LogP contribution is 2.31. The van der Waals surface area contributed by atoms with Crippen LogP contribution >= 0.6 is 0 Å². The largest absolute Gasteiger partial charge is 0.452 e. The maximum Gasteiger partial charge on any atom is 0.416 e. The quantitative estimate of drug-likeness (QED) is 0.536. The molecule has 0 bridgehead atoms. The molecule has 0 saturated carbocycles. The summed E-state index contributed by atoms with van der Waals surface area (Å²) in [6, 6.07) is 22.2. The van der Waals surface area contributed by atoms with Gasteiger partial charge < -0.3 is 10.1 Å². The molecular weight excluding hydrogens is 407 g/mol. The number of halogens is 3. The molecule has 0 aromatic heterocycles. The Bertz CT molecular complexity index is 997. The molecule has 0 aliphatic heterocycles. The predicted molar refractivity (Wildman–Crippen MR) is 110 cm³/mol. The molecular formula is C24H20F3NO3. The van der Waals surface area contributed by atoms with Crippen molar-refractivity contribution < 1.29 is 27.5 Å². The number of amides is 1. The second kappa shape index (κ2) is 9.47. The van der Waals surface area contributed by atoms with Gasteiger partial charge in [0.25, 0.3) is 5.91 Å². The van der Waals surface area contributed by atoms with E-state index < -0.39 is 35.6 Å². The van der Waals surface area contributed by atoms with Gasteiger partial charge in [0, 0.05) is 5.69 Å². The molecule has 3 rings (SSSR count). The molecule has 4 nitrogen and oxygen atoms in total. The minimum Gasteiger partial charge on any atom is -0.452 e. The molecule has 31 heavy (non-hydrogen) atoms. The first kappa shape index (κ1) is 22.1. The van der Waals surface area contributed by atoms with Gasteiger partial charge in [-0.25, -0.2) is 0 Å². The molecule has 160 valence electrons. The van der Waals surface area contributed by atoms with E-state index >= 15 is 0 Å². The zero-order valence-corrected chi connectivity index (χ0v) is 16.6. The monoisotopic (exact) mass is 427 g/mol. The molecule has 0 spiro atoms. The van der Waals surface area contributed by atoms with E-state index in [1.54, 1.807) is 48.5 Å². The fraction of sp³-hybridized carbons (Fsp3) is 0.167. The number of hydrogen-bond donors (Lipinski definition) is 1. The SMILES string of the molecule is C[C@@H](OC(=O)C(c1ccccc1)c1ccccc1)C(=O)Nc1cccc(C(F)(F)F)c1. The molecule has 1 amide bonds. The van der Waals surface area contributed by atoms with Gasteiger partial charge >= 0.3 is 12.1 Å². The van der Waals surface area contributed by atoms with Crippen molar-refractivity contribution in [3.05, 3.63) is 102 Å². The van der Waals surface area contributed by atoms with Crippen LogP contribution in [-0.4, -0.2) is 18.0 Å². The van der Waals surface area contributed by atoms with Crippen molar-refractivity contribution in [3.8, 4) is 0 Å². The second-order valence-electron chi connectivity index (χ2n) is 6.90. The normalized spacial score (nSPS) is 12.3. The van der Waals surface area contributed by atoms with Gasteiger partial charge in [0.2, 0.25) is 0 Å². The number of hydrogen-bond acceptors (Lipinski definition) is 3. The van der Waals surface area contributed by atoms with Crippen molar-refractivity contribution >= 4 is 17.6 Å². The highest BCUT2D eigenvalue weighted by atomic mass is 19.4. The van der Waals surface area contributed by atoms with E-state index in [4.69, 9.17) is 4.74 Å². The first-order valence-corrected chi connectivity index (χ1v) is 9.54. The standard InChI is InChI=1S/C24H20F3NO3/c1-16(22(29)28-20-14-8-13-19(15-20)24(25,26)27)31-23(30)21(17-9-4-2-5-10-17)18-11-6-3-7-12-18/h2-16,21H,1H3,(H,28,29)/t16-/m1/s1. The van der Waals surface area contributed by atoms with Gasteiger partial charge in [0.15, 0.2) is 6.10 Å². The predicted octanol–water partition coefficient (Wildman–Crippen LogP) is 5.41. The molecule has 0 radical (unpaired) electrons. The number of carbonyl (C=O) groups excluding carboxylic acids is 2. The van der Waals surface area contributed by atoms with Gasteiger partial charge in [-0.1, -0.05) is 66.7 Å². The van der Waals surface area contributed by atoms with E-state index in [9.17, 15) is 22.8 Å². The number of rotatable bonds is 6. The highest BCUT2D eigenvalue weighted by molar-refractivity contribution is 5.95. The molecule has 0 unspecified atom stereocenters. The van der Waals surface area contributed by atoms with Gasteiger partial charge in [0.05, 0.1) is 5.56 Å². The summed E-state index contributed by atoms with van der Waals surface area (Å²) in [6.45, 7) is 1.37. The first-order valence-electron chi connectivity index (χ1n) is 9.54. The molecule has 0 aliphatic rings. The third-order valence-electron chi connectivity index (χ3n) is 4.62. The average Bonchev–Trinajstić information content (AvgIpc) is 2.75. The van der Waals surface area contributed by atoms with Crippen LogP contribution in [0.25, 0.3) is 0 Å². The van der Waals surface area contributed by atoms with Crippen molar-refractivity contribution in [2.45, 2.75) is 25.1 Å². The number of carbonyl (C=O) groups is 2. The fourth-order valence-corrected chi connectivity index (χ4v) is 3.07. The Balaban J connectivity index is 1.74. The third kappa shape index (κ3) is 5.72. The summed E-state index contributed by atoms with van der Waals surface area (Å²) in [4.78, 5) is 25.4. The van der Waals surface area contributed by atoms with Crippen molar-refractivity contribution in [1.82, 2.24) is 0 Å². The topological polar surface area (TPSA) is 55.4 Å². The van der Waals surface area contributed by atoms with Crippen LogP contribution in [0.2, 0.25) is 0 Å². The average molecular weight is 427 g/mol. The smallest absolute Gasteiger partial charge is 0.416 e. The van der Waals surface area contributed by atoms with Crippen molar-refractivity contribution in [1.29, 1.82) is 0 Å². The first-order chi connectivity index (χ1) is 14.8. The summed E-state index contributed by atoms with van der Waals surface area (Å²) in [5.41, 5.74) is 0.474. The zero-order valence-electron chi connectivity index (χ0n) is 16.6. The van der Waals surface area contributed by atoms with Crippen LogP contribution in [0.15, 0.2) is 84.9 Å². The lowest BCUT2D eigenvalue weighted by molar-refractivity contribution is -0.153. The molecule has 0 fully saturated rings. The molecule has 1 atom stereocenters. The van der Waals surface area contributed by atoms with Crippen molar-refractivity contribution in [3.63, 3.8) is 0 Å². The lowest BCUT2D eigenvalue weighted by Crippen LogP contribution is -2.32. The molecule has 3 aromatic rings. The Hall–Kier alpha value is -3.61. The molecule has 7 heteroatoms.